The highest BCUT2D eigenvalue weighted by Gasteiger charge is 2.25. The number of hydrogen-bond acceptors (Lipinski definition) is 2. The van der Waals surface area contributed by atoms with Crippen LogP contribution in [0.1, 0.15) is 43.7 Å². The number of carbonyl (C=O) groups excluding carboxylic acids is 2. The van der Waals surface area contributed by atoms with E-state index >= 15 is 0 Å². The fourth-order valence-corrected chi connectivity index (χ4v) is 2.81. The van der Waals surface area contributed by atoms with Gasteiger partial charge < -0.3 is 10.6 Å². The van der Waals surface area contributed by atoms with E-state index in [9.17, 15) is 9.59 Å². The normalized spacial score (nSPS) is 21.7. The lowest BCUT2D eigenvalue weighted by Gasteiger charge is -2.29. The molecule has 21 heavy (non-hydrogen) atoms. The molecule has 114 valence electrons. The van der Waals surface area contributed by atoms with E-state index in [1.54, 1.807) is 0 Å². The number of amides is 2. The maximum atomic E-state index is 12.0. The Balaban J connectivity index is 1.96. The fourth-order valence-electron chi connectivity index (χ4n) is 2.81. The Morgan fingerprint density at radius 3 is 2.52 bits per heavy atom. The van der Waals surface area contributed by atoms with Gasteiger partial charge in [-0.25, -0.2) is 0 Å². The van der Waals surface area contributed by atoms with Crippen molar-refractivity contribution in [2.75, 3.05) is 5.32 Å². The van der Waals surface area contributed by atoms with Crippen LogP contribution >= 0.6 is 0 Å². The Hall–Kier alpha value is -1.84. The van der Waals surface area contributed by atoms with Gasteiger partial charge in [-0.05, 0) is 49.8 Å². The summed E-state index contributed by atoms with van der Waals surface area (Å²) in [5, 5.41) is 5.58. The number of benzene rings is 1. The second-order valence-electron chi connectivity index (χ2n) is 6.11. The Morgan fingerprint density at radius 1 is 1.10 bits per heavy atom. The Bertz CT molecular complexity index is 540. The predicted octanol–water partition coefficient (Wildman–Crippen LogP) is 2.94. The second kappa shape index (κ2) is 6.74. The number of anilines is 1. The second-order valence-corrected chi connectivity index (χ2v) is 6.11. The Labute approximate surface area is 126 Å². The van der Waals surface area contributed by atoms with Gasteiger partial charge in [0.2, 0.25) is 0 Å². The SMILES string of the molecule is Cc1ccc(C)c(NC(=O)C(=O)N[C@@H]2CCCC[C@H]2C)c1. The number of rotatable bonds is 2. The summed E-state index contributed by atoms with van der Waals surface area (Å²) < 4.78 is 0. The average molecular weight is 288 g/mol. The summed E-state index contributed by atoms with van der Waals surface area (Å²) in [6.07, 6.45) is 4.41. The molecule has 4 heteroatoms. The molecule has 2 rings (SSSR count). The van der Waals surface area contributed by atoms with Crippen LogP contribution in [0.4, 0.5) is 5.69 Å². The van der Waals surface area contributed by atoms with Crippen LogP contribution in [-0.2, 0) is 9.59 Å². The van der Waals surface area contributed by atoms with Gasteiger partial charge in [0.05, 0.1) is 0 Å². The molecular weight excluding hydrogens is 264 g/mol. The predicted molar refractivity (Wildman–Crippen MR) is 84.1 cm³/mol. The van der Waals surface area contributed by atoms with Crippen molar-refractivity contribution in [3.05, 3.63) is 29.3 Å². The lowest BCUT2D eigenvalue weighted by molar-refractivity contribution is -0.137. The van der Waals surface area contributed by atoms with Gasteiger partial charge in [0.15, 0.2) is 0 Å². The number of aryl methyl sites for hydroxylation is 2. The zero-order valence-electron chi connectivity index (χ0n) is 13.0. The minimum absolute atomic E-state index is 0.121. The number of hydrogen-bond donors (Lipinski definition) is 2. The van der Waals surface area contributed by atoms with Gasteiger partial charge in [-0.15, -0.1) is 0 Å². The van der Waals surface area contributed by atoms with Crippen molar-refractivity contribution >= 4 is 17.5 Å². The lowest BCUT2D eigenvalue weighted by atomic mass is 9.86. The fraction of sp³-hybridized carbons (Fsp3) is 0.529. The standard InChI is InChI=1S/C17H24N2O2/c1-11-8-9-13(3)15(10-11)19-17(21)16(20)18-14-7-5-4-6-12(14)2/h8-10,12,14H,4-7H2,1-3H3,(H,18,20)(H,19,21)/t12-,14-/m1/s1. The highest BCUT2D eigenvalue weighted by molar-refractivity contribution is 6.39. The van der Waals surface area contributed by atoms with Crippen LogP contribution in [0.15, 0.2) is 18.2 Å². The van der Waals surface area contributed by atoms with Crippen molar-refractivity contribution in [3.8, 4) is 0 Å². The first kappa shape index (κ1) is 15.5. The van der Waals surface area contributed by atoms with Gasteiger partial charge in [0.1, 0.15) is 0 Å². The van der Waals surface area contributed by atoms with Crippen molar-refractivity contribution < 1.29 is 9.59 Å². The molecule has 4 nitrogen and oxygen atoms in total. The van der Waals surface area contributed by atoms with Gasteiger partial charge in [0, 0.05) is 11.7 Å². The minimum Gasteiger partial charge on any atom is -0.345 e. The summed E-state index contributed by atoms with van der Waals surface area (Å²) in [5.74, 6) is -0.674. The molecule has 0 unspecified atom stereocenters. The maximum absolute atomic E-state index is 12.0. The highest BCUT2D eigenvalue weighted by Crippen LogP contribution is 2.23. The largest absolute Gasteiger partial charge is 0.345 e. The van der Waals surface area contributed by atoms with Gasteiger partial charge in [-0.1, -0.05) is 31.9 Å². The van der Waals surface area contributed by atoms with Crippen molar-refractivity contribution in [2.45, 2.75) is 52.5 Å². The third kappa shape index (κ3) is 4.06. The van der Waals surface area contributed by atoms with Crippen molar-refractivity contribution in [1.82, 2.24) is 5.32 Å². The molecule has 1 aliphatic rings. The van der Waals surface area contributed by atoms with E-state index in [0.29, 0.717) is 11.6 Å². The molecule has 2 amide bonds. The molecule has 1 aliphatic carbocycles. The molecule has 0 saturated heterocycles. The van der Waals surface area contributed by atoms with Crippen LogP contribution < -0.4 is 10.6 Å². The van der Waals surface area contributed by atoms with Crippen LogP contribution in [0.2, 0.25) is 0 Å². The first-order valence-electron chi connectivity index (χ1n) is 7.66. The molecular formula is C17H24N2O2. The van der Waals surface area contributed by atoms with Gasteiger partial charge in [0.25, 0.3) is 0 Å². The number of carbonyl (C=O) groups is 2. The van der Waals surface area contributed by atoms with E-state index in [4.69, 9.17) is 0 Å². The summed E-state index contributed by atoms with van der Waals surface area (Å²) >= 11 is 0. The van der Waals surface area contributed by atoms with Gasteiger partial charge >= 0.3 is 11.8 Å². The smallest absolute Gasteiger partial charge is 0.313 e. The monoisotopic (exact) mass is 288 g/mol. The maximum Gasteiger partial charge on any atom is 0.313 e. The van der Waals surface area contributed by atoms with E-state index in [1.165, 1.54) is 6.42 Å². The molecule has 1 saturated carbocycles. The molecule has 1 aromatic rings. The average Bonchev–Trinajstić information content (AvgIpc) is 2.45. The number of nitrogens with one attached hydrogen (secondary N) is 2. The first-order valence-corrected chi connectivity index (χ1v) is 7.66. The van der Waals surface area contributed by atoms with E-state index < -0.39 is 11.8 Å². The van der Waals surface area contributed by atoms with E-state index in [-0.39, 0.29) is 6.04 Å². The van der Waals surface area contributed by atoms with Gasteiger partial charge in [-0.2, -0.15) is 0 Å². The summed E-state index contributed by atoms with van der Waals surface area (Å²) in [7, 11) is 0. The lowest BCUT2D eigenvalue weighted by Crippen LogP contribution is -2.45. The zero-order chi connectivity index (χ0) is 15.4. The molecule has 0 aliphatic heterocycles. The summed E-state index contributed by atoms with van der Waals surface area (Å²) in [6.45, 7) is 6.00. The molecule has 2 atom stereocenters. The van der Waals surface area contributed by atoms with Crippen molar-refractivity contribution in [1.29, 1.82) is 0 Å². The van der Waals surface area contributed by atoms with Gasteiger partial charge in [-0.3, -0.25) is 9.59 Å². The van der Waals surface area contributed by atoms with E-state index in [0.717, 1.165) is 30.4 Å². The molecule has 0 heterocycles. The third-order valence-electron chi connectivity index (χ3n) is 4.28. The van der Waals surface area contributed by atoms with Crippen LogP contribution in [0, 0.1) is 19.8 Å². The van der Waals surface area contributed by atoms with Crippen LogP contribution in [0.5, 0.6) is 0 Å². The van der Waals surface area contributed by atoms with Crippen LogP contribution in [0.3, 0.4) is 0 Å². The molecule has 0 radical (unpaired) electrons. The third-order valence-corrected chi connectivity index (χ3v) is 4.28. The minimum atomic E-state index is -0.582. The van der Waals surface area contributed by atoms with Crippen molar-refractivity contribution in [2.24, 2.45) is 5.92 Å². The van der Waals surface area contributed by atoms with E-state index in [1.807, 2.05) is 32.0 Å². The molecule has 0 bridgehead atoms. The Kier molecular flexibility index (Phi) is 4.99. The van der Waals surface area contributed by atoms with Crippen molar-refractivity contribution in [3.63, 3.8) is 0 Å². The summed E-state index contributed by atoms with van der Waals surface area (Å²) in [5.41, 5.74) is 2.71. The topological polar surface area (TPSA) is 58.2 Å². The molecule has 1 aromatic carbocycles. The first-order chi connectivity index (χ1) is 9.97. The zero-order valence-corrected chi connectivity index (χ0v) is 13.0. The molecule has 1 fully saturated rings. The highest BCUT2D eigenvalue weighted by atomic mass is 16.2. The summed E-state index contributed by atoms with van der Waals surface area (Å²) in [4.78, 5) is 24.1. The molecule has 0 aromatic heterocycles. The Morgan fingerprint density at radius 2 is 1.81 bits per heavy atom. The molecule has 2 N–H and O–H groups in total. The summed E-state index contributed by atoms with van der Waals surface area (Å²) in [6, 6.07) is 5.92. The van der Waals surface area contributed by atoms with E-state index in [2.05, 4.69) is 17.6 Å². The van der Waals surface area contributed by atoms with Crippen LogP contribution in [0.25, 0.3) is 0 Å². The van der Waals surface area contributed by atoms with Crippen LogP contribution in [-0.4, -0.2) is 17.9 Å². The molecule has 0 spiro atoms. The quantitative estimate of drug-likeness (QED) is 0.822.